The standard InChI is InChI=1S/C13H16O2S/c1-16-12-4-2-3-10(9-12)13(15)7-5-11(14)6-8-13/h2-4,9,15H,5-8H2,1H3. The van der Waals surface area contributed by atoms with Crippen molar-refractivity contribution in [1.82, 2.24) is 0 Å². The van der Waals surface area contributed by atoms with Crippen molar-refractivity contribution in [3.05, 3.63) is 29.8 Å². The Bertz CT molecular complexity index is 391. The number of rotatable bonds is 2. The molecule has 1 aliphatic rings. The molecule has 0 bridgehead atoms. The summed E-state index contributed by atoms with van der Waals surface area (Å²) in [4.78, 5) is 12.3. The molecule has 0 spiro atoms. The number of thioether (sulfide) groups is 1. The van der Waals surface area contributed by atoms with E-state index < -0.39 is 5.60 Å². The van der Waals surface area contributed by atoms with E-state index in [1.165, 1.54) is 0 Å². The van der Waals surface area contributed by atoms with Crippen LogP contribution in [0.1, 0.15) is 31.2 Å². The van der Waals surface area contributed by atoms with Crippen molar-refractivity contribution in [2.24, 2.45) is 0 Å². The van der Waals surface area contributed by atoms with Gasteiger partial charge >= 0.3 is 0 Å². The third kappa shape index (κ3) is 2.30. The van der Waals surface area contributed by atoms with E-state index in [2.05, 4.69) is 0 Å². The fourth-order valence-electron chi connectivity index (χ4n) is 2.14. The summed E-state index contributed by atoms with van der Waals surface area (Å²) in [6.45, 7) is 0. The lowest BCUT2D eigenvalue weighted by Gasteiger charge is -2.32. The zero-order chi connectivity index (χ0) is 11.6. The van der Waals surface area contributed by atoms with Crippen molar-refractivity contribution in [2.45, 2.75) is 36.2 Å². The minimum Gasteiger partial charge on any atom is -0.385 e. The van der Waals surface area contributed by atoms with Crippen LogP contribution in [0.2, 0.25) is 0 Å². The summed E-state index contributed by atoms with van der Waals surface area (Å²) in [5.41, 5.74) is 0.159. The van der Waals surface area contributed by atoms with Crippen LogP contribution < -0.4 is 0 Å². The van der Waals surface area contributed by atoms with Gasteiger partial charge in [-0.3, -0.25) is 4.79 Å². The third-order valence-electron chi connectivity index (χ3n) is 3.24. The molecule has 1 fully saturated rings. The number of benzene rings is 1. The summed E-state index contributed by atoms with van der Waals surface area (Å²) in [5.74, 6) is 0.269. The zero-order valence-electron chi connectivity index (χ0n) is 9.40. The molecule has 2 rings (SSSR count). The number of Topliss-reactive ketones (excluding diaryl/α,β-unsaturated/α-hetero) is 1. The Hall–Kier alpha value is -0.800. The van der Waals surface area contributed by atoms with Crippen LogP contribution in [0, 0.1) is 0 Å². The second-order valence-electron chi connectivity index (χ2n) is 4.30. The highest BCUT2D eigenvalue weighted by atomic mass is 32.2. The molecule has 0 radical (unpaired) electrons. The zero-order valence-corrected chi connectivity index (χ0v) is 10.2. The van der Waals surface area contributed by atoms with Crippen LogP contribution in [0.5, 0.6) is 0 Å². The summed E-state index contributed by atoms with van der Waals surface area (Å²) >= 11 is 1.67. The molecule has 0 saturated heterocycles. The molecule has 1 aromatic rings. The number of carbonyl (C=O) groups is 1. The molecular formula is C13H16O2S. The van der Waals surface area contributed by atoms with Crippen LogP contribution in [0.4, 0.5) is 0 Å². The number of hydrogen-bond donors (Lipinski definition) is 1. The molecule has 1 saturated carbocycles. The minimum absolute atomic E-state index is 0.269. The molecule has 0 atom stereocenters. The Morgan fingerprint density at radius 3 is 2.62 bits per heavy atom. The summed E-state index contributed by atoms with van der Waals surface area (Å²) in [5, 5.41) is 10.5. The lowest BCUT2D eigenvalue weighted by Crippen LogP contribution is -2.31. The quantitative estimate of drug-likeness (QED) is 0.802. The molecule has 1 aromatic carbocycles. The van der Waals surface area contributed by atoms with Crippen molar-refractivity contribution in [2.75, 3.05) is 6.26 Å². The van der Waals surface area contributed by atoms with Gasteiger partial charge in [-0.1, -0.05) is 12.1 Å². The molecule has 0 heterocycles. The average Bonchev–Trinajstić information content (AvgIpc) is 2.33. The normalized spacial score (nSPS) is 19.8. The third-order valence-corrected chi connectivity index (χ3v) is 3.97. The molecule has 0 aliphatic heterocycles. The van der Waals surface area contributed by atoms with E-state index in [0.29, 0.717) is 25.7 Å². The van der Waals surface area contributed by atoms with Crippen molar-refractivity contribution < 1.29 is 9.90 Å². The van der Waals surface area contributed by atoms with Gasteiger partial charge in [0.05, 0.1) is 5.60 Å². The molecule has 0 unspecified atom stereocenters. The highest BCUT2D eigenvalue weighted by Crippen LogP contribution is 2.36. The predicted molar refractivity (Wildman–Crippen MR) is 65.6 cm³/mol. The first kappa shape index (κ1) is 11.7. The van der Waals surface area contributed by atoms with Gasteiger partial charge in [0.2, 0.25) is 0 Å². The van der Waals surface area contributed by atoms with Gasteiger partial charge in [-0.15, -0.1) is 11.8 Å². The van der Waals surface area contributed by atoms with E-state index in [1.54, 1.807) is 11.8 Å². The largest absolute Gasteiger partial charge is 0.385 e. The molecule has 2 nitrogen and oxygen atoms in total. The number of aliphatic hydroxyl groups is 1. The first-order valence-corrected chi connectivity index (χ1v) is 6.75. The maximum absolute atomic E-state index is 11.2. The first-order valence-electron chi connectivity index (χ1n) is 5.53. The topological polar surface area (TPSA) is 37.3 Å². The Morgan fingerprint density at radius 2 is 2.00 bits per heavy atom. The van der Waals surface area contributed by atoms with E-state index in [4.69, 9.17) is 0 Å². The molecule has 0 aromatic heterocycles. The fraction of sp³-hybridized carbons (Fsp3) is 0.462. The lowest BCUT2D eigenvalue weighted by molar-refractivity contribution is -0.125. The highest BCUT2D eigenvalue weighted by molar-refractivity contribution is 7.98. The van der Waals surface area contributed by atoms with Crippen LogP contribution >= 0.6 is 11.8 Å². The molecule has 3 heteroatoms. The Balaban J connectivity index is 2.25. The Labute approximate surface area is 100 Å². The molecule has 16 heavy (non-hydrogen) atoms. The summed E-state index contributed by atoms with van der Waals surface area (Å²) in [6, 6.07) is 7.98. The molecule has 86 valence electrons. The van der Waals surface area contributed by atoms with E-state index in [0.717, 1.165) is 10.5 Å². The van der Waals surface area contributed by atoms with Crippen LogP contribution in [0.3, 0.4) is 0 Å². The van der Waals surface area contributed by atoms with Crippen molar-refractivity contribution in [3.63, 3.8) is 0 Å². The molecular weight excluding hydrogens is 220 g/mol. The monoisotopic (exact) mass is 236 g/mol. The van der Waals surface area contributed by atoms with Crippen LogP contribution in [0.25, 0.3) is 0 Å². The van der Waals surface area contributed by atoms with E-state index >= 15 is 0 Å². The van der Waals surface area contributed by atoms with Crippen molar-refractivity contribution in [1.29, 1.82) is 0 Å². The van der Waals surface area contributed by atoms with Gasteiger partial charge < -0.3 is 5.11 Å². The second-order valence-corrected chi connectivity index (χ2v) is 5.18. The van der Waals surface area contributed by atoms with Gasteiger partial charge in [0, 0.05) is 17.7 Å². The first-order chi connectivity index (χ1) is 7.64. The van der Waals surface area contributed by atoms with E-state index in [-0.39, 0.29) is 5.78 Å². The van der Waals surface area contributed by atoms with Gasteiger partial charge in [0.1, 0.15) is 5.78 Å². The van der Waals surface area contributed by atoms with E-state index in [1.807, 2.05) is 30.5 Å². The van der Waals surface area contributed by atoms with Crippen molar-refractivity contribution >= 4 is 17.5 Å². The molecule has 1 N–H and O–H groups in total. The van der Waals surface area contributed by atoms with Gasteiger partial charge in [-0.05, 0) is 36.8 Å². The summed E-state index contributed by atoms with van der Waals surface area (Å²) < 4.78 is 0. The second kappa shape index (κ2) is 4.60. The van der Waals surface area contributed by atoms with Gasteiger partial charge in [0.15, 0.2) is 0 Å². The SMILES string of the molecule is CSc1cccc(C2(O)CCC(=O)CC2)c1. The number of ketones is 1. The fourth-order valence-corrected chi connectivity index (χ4v) is 2.60. The molecule has 0 amide bonds. The maximum Gasteiger partial charge on any atom is 0.133 e. The summed E-state index contributed by atoms with van der Waals surface area (Å²) in [6.07, 6.45) is 4.14. The maximum atomic E-state index is 11.2. The smallest absolute Gasteiger partial charge is 0.133 e. The Morgan fingerprint density at radius 1 is 1.31 bits per heavy atom. The molecule has 1 aliphatic carbocycles. The predicted octanol–water partition coefficient (Wildman–Crippen LogP) is 2.74. The van der Waals surface area contributed by atoms with Crippen LogP contribution in [0.15, 0.2) is 29.2 Å². The highest BCUT2D eigenvalue weighted by Gasteiger charge is 2.33. The summed E-state index contributed by atoms with van der Waals surface area (Å²) in [7, 11) is 0. The van der Waals surface area contributed by atoms with Gasteiger partial charge in [-0.2, -0.15) is 0 Å². The number of hydrogen-bond acceptors (Lipinski definition) is 3. The van der Waals surface area contributed by atoms with Crippen LogP contribution in [-0.2, 0) is 10.4 Å². The minimum atomic E-state index is -0.792. The number of carbonyl (C=O) groups excluding carboxylic acids is 1. The van der Waals surface area contributed by atoms with Crippen molar-refractivity contribution in [3.8, 4) is 0 Å². The lowest BCUT2D eigenvalue weighted by atomic mass is 9.79. The van der Waals surface area contributed by atoms with Crippen LogP contribution in [-0.4, -0.2) is 17.1 Å². The van der Waals surface area contributed by atoms with Gasteiger partial charge in [-0.25, -0.2) is 0 Å². The average molecular weight is 236 g/mol. The Kier molecular flexibility index (Phi) is 3.36. The van der Waals surface area contributed by atoms with E-state index in [9.17, 15) is 9.90 Å². The van der Waals surface area contributed by atoms with Gasteiger partial charge in [0.25, 0.3) is 0 Å².